The number of nitrogens with one attached hydrogen (secondary N) is 1. The van der Waals surface area contributed by atoms with Crippen molar-refractivity contribution >= 4 is 0 Å². The number of imidazole rings is 1. The summed E-state index contributed by atoms with van der Waals surface area (Å²) in [6.07, 6.45) is 7.91. The van der Waals surface area contributed by atoms with Gasteiger partial charge in [-0.1, -0.05) is 6.42 Å². The highest BCUT2D eigenvalue weighted by molar-refractivity contribution is 5.08. The maximum absolute atomic E-state index is 4.52. The molecule has 1 aliphatic rings. The van der Waals surface area contributed by atoms with Crippen molar-refractivity contribution in [1.29, 1.82) is 0 Å². The van der Waals surface area contributed by atoms with Crippen molar-refractivity contribution in [3.8, 4) is 0 Å². The molecule has 102 valence electrons. The van der Waals surface area contributed by atoms with Gasteiger partial charge in [0.05, 0.1) is 6.04 Å². The molecule has 0 bridgehead atoms. The van der Waals surface area contributed by atoms with Crippen molar-refractivity contribution in [2.75, 3.05) is 20.1 Å². The predicted octanol–water partition coefficient (Wildman–Crippen LogP) is 1.95. The zero-order valence-corrected chi connectivity index (χ0v) is 12.1. The van der Waals surface area contributed by atoms with Crippen molar-refractivity contribution in [3.05, 3.63) is 18.2 Å². The molecule has 1 N–H and O–H groups in total. The lowest BCUT2D eigenvalue weighted by Gasteiger charge is -2.45. The Labute approximate surface area is 110 Å². The van der Waals surface area contributed by atoms with E-state index in [1.54, 1.807) is 0 Å². The van der Waals surface area contributed by atoms with Gasteiger partial charge in [-0.25, -0.2) is 4.98 Å². The minimum Gasteiger partial charge on any atom is -0.337 e. The molecule has 18 heavy (non-hydrogen) atoms. The molecule has 0 spiro atoms. The van der Waals surface area contributed by atoms with Crippen LogP contribution in [0.2, 0.25) is 0 Å². The summed E-state index contributed by atoms with van der Waals surface area (Å²) in [6, 6.07) is 0.260. The molecule has 4 heteroatoms. The number of aryl methyl sites for hydroxylation is 1. The fraction of sp³-hybridized carbons (Fsp3) is 0.786. The SMILES string of the molecule is CNC(c1nccn1C)C(C)(C)N1CCCCC1. The van der Waals surface area contributed by atoms with Gasteiger partial charge in [-0.2, -0.15) is 0 Å². The molecule has 0 saturated carbocycles. The van der Waals surface area contributed by atoms with E-state index in [4.69, 9.17) is 0 Å². The summed E-state index contributed by atoms with van der Waals surface area (Å²) in [5, 5.41) is 3.46. The van der Waals surface area contributed by atoms with Gasteiger partial charge in [0.25, 0.3) is 0 Å². The summed E-state index contributed by atoms with van der Waals surface area (Å²) in [4.78, 5) is 7.13. The summed E-state index contributed by atoms with van der Waals surface area (Å²) in [5.41, 5.74) is 0.0916. The first-order valence-electron chi connectivity index (χ1n) is 6.97. The standard InChI is InChI=1S/C14H26N4/c1-14(2,18-9-6-5-7-10-18)12(15-3)13-16-8-11-17(13)4/h8,11-12,15H,5-7,9-10H2,1-4H3. The van der Waals surface area contributed by atoms with Gasteiger partial charge in [0.15, 0.2) is 0 Å². The Kier molecular flexibility index (Phi) is 4.07. The van der Waals surface area contributed by atoms with Gasteiger partial charge in [-0.3, -0.25) is 4.90 Å². The number of hydrogen-bond acceptors (Lipinski definition) is 3. The van der Waals surface area contributed by atoms with Crippen LogP contribution in [0.3, 0.4) is 0 Å². The van der Waals surface area contributed by atoms with Crippen molar-refractivity contribution < 1.29 is 0 Å². The van der Waals surface area contributed by atoms with Crippen LogP contribution in [0.1, 0.15) is 45.0 Å². The Morgan fingerprint density at radius 2 is 1.94 bits per heavy atom. The predicted molar refractivity (Wildman–Crippen MR) is 74.5 cm³/mol. The number of rotatable bonds is 4. The van der Waals surface area contributed by atoms with E-state index in [1.807, 2.05) is 19.4 Å². The first-order chi connectivity index (χ1) is 8.57. The third-order valence-corrected chi connectivity index (χ3v) is 4.28. The highest BCUT2D eigenvalue weighted by atomic mass is 15.2. The molecule has 1 aliphatic heterocycles. The second kappa shape index (κ2) is 5.41. The monoisotopic (exact) mass is 250 g/mol. The summed E-state index contributed by atoms with van der Waals surface area (Å²) >= 11 is 0. The highest BCUT2D eigenvalue weighted by Gasteiger charge is 2.37. The van der Waals surface area contributed by atoms with Gasteiger partial charge < -0.3 is 9.88 Å². The lowest BCUT2D eigenvalue weighted by Crippen LogP contribution is -2.54. The normalized spacial score (nSPS) is 20.0. The molecule has 1 saturated heterocycles. The molecule has 0 amide bonds. The van der Waals surface area contributed by atoms with Crippen LogP contribution in [-0.4, -0.2) is 40.1 Å². The van der Waals surface area contributed by atoms with Gasteiger partial charge in [0.2, 0.25) is 0 Å². The minimum atomic E-state index is 0.0916. The molecule has 1 atom stereocenters. The van der Waals surface area contributed by atoms with Crippen LogP contribution in [0.4, 0.5) is 0 Å². The number of aromatic nitrogens is 2. The highest BCUT2D eigenvalue weighted by Crippen LogP contribution is 2.31. The Morgan fingerprint density at radius 1 is 1.28 bits per heavy atom. The van der Waals surface area contributed by atoms with E-state index in [2.05, 4.69) is 40.7 Å². The van der Waals surface area contributed by atoms with E-state index in [0.717, 1.165) is 5.82 Å². The zero-order valence-electron chi connectivity index (χ0n) is 12.1. The molecule has 1 fully saturated rings. The number of likely N-dealkylation sites (tertiary alicyclic amines) is 1. The smallest absolute Gasteiger partial charge is 0.127 e. The van der Waals surface area contributed by atoms with Crippen LogP contribution in [0.25, 0.3) is 0 Å². The summed E-state index contributed by atoms with van der Waals surface area (Å²) in [7, 11) is 4.10. The van der Waals surface area contributed by atoms with Crippen molar-refractivity contribution in [3.63, 3.8) is 0 Å². The number of piperidine rings is 1. The van der Waals surface area contributed by atoms with Crippen LogP contribution in [-0.2, 0) is 7.05 Å². The Bertz CT molecular complexity index is 377. The first-order valence-corrected chi connectivity index (χ1v) is 6.97. The fourth-order valence-corrected chi connectivity index (χ4v) is 3.11. The summed E-state index contributed by atoms with van der Waals surface area (Å²) in [6.45, 7) is 7.06. The van der Waals surface area contributed by atoms with Crippen LogP contribution < -0.4 is 5.32 Å². The van der Waals surface area contributed by atoms with Crippen molar-refractivity contribution in [2.24, 2.45) is 7.05 Å². The van der Waals surface area contributed by atoms with E-state index in [0.29, 0.717) is 0 Å². The summed E-state index contributed by atoms with van der Waals surface area (Å²) < 4.78 is 2.12. The van der Waals surface area contributed by atoms with Crippen LogP contribution in [0.15, 0.2) is 12.4 Å². The molecule has 4 nitrogen and oxygen atoms in total. The Hall–Kier alpha value is -0.870. The van der Waals surface area contributed by atoms with E-state index < -0.39 is 0 Å². The van der Waals surface area contributed by atoms with E-state index in [9.17, 15) is 0 Å². The zero-order chi connectivity index (χ0) is 13.2. The number of likely N-dealkylation sites (N-methyl/N-ethyl adjacent to an activating group) is 1. The minimum absolute atomic E-state index is 0.0916. The number of nitrogens with zero attached hydrogens (tertiary/aromatic N) is 3. The summed E-state index contributed by atoms with van der Waals surface area (Å²) in [5.74, 6) is 1.12. The largest absolute Gasteiger partial charge is 0.337 e. The third kappa shape index (κ3) is 2.45. The van der Waals surface area contributed by atoms with Crippen molar-refractivity contribution in [1.82, 2.24) is 19.8 Å². The van der Waals surface area contributed by atoms with Gasteiger partial charge >= 0.3 is 0 Å². The molecule has 2 heterocycles. The van der Waals surface area contributed by atoms with Crippen LogP contribution >= 0.6 is 0 Å². The topological polar surface area (TPSA) is 33.1 Å². The molecular formula is C14H26N4. The Morgan fingerprint density at radius 3 is 2.44 bits per heavy atom. The van der Waals surface area contributed by atoms with E-state index >= 15 is 0 Å². The average Bonchev–Trinajstić information content (AvgIpc) is 2.78. The molecule has 1 aromatic rings. The lowest BCUT2D eigenvalue weighted by molar-refractivity contribution is 0.0597. The van der Waals surface area contributed by atoms with Gasteiger partial charge in [-0.15, -0.1) is 0 Å². The lowest BCUT2D eigenvalue weighted by atomic mass is 9.89. The van der Waals surface area contributed by atoms with Crippen LogP contribution in [0.5, 0.6) is 0 Å². The maximum Gasteiger partial charge on any atom is 0.127 e. The van der Waals surface area contributed by atoms with Crippen molar-refractivity contribution in [2.45, 2.75) is 44.7 Å². The van der Waals surface area contributed by atoms with Gasteiger partial charge in [0, 0.05) is 25.0 Å². The van der Waals surface area contributed by atoms with Gasteiger partial charge in [0.1, 0.15) is 5.82 Å². The van der Waals surface area contributed by atoms with Gasteiger partial charge in [-0.05, 0) is 46.8 Å². The van der Waals surface area contributed by atoms with E-state index in [1.165, 1.54) is 32.4 Å². The molecule has 2 rings (SSSR count). The quantitative estimate of drug-likeness (QED) is 0.886. The number of hydrogen-bond donors (Lipinski definition) is 1. The molecule has 0 aliphatic carbocycles. The molecule has 1 unspecified atom stereocenters. The maximum atomic E-state index is 4.52. The third-order valence-electron chi connectivity index (χ3n) is 4.28. The molecule has 0 radical (unpaired) electrons. The molecule has 0 aromatic carbocycles. The second-order valence-corrected chi connectivity index (χ2v) is 5.82. The second-order valence-electron chi connectivity index (χ2n) is 5.82. The fourth-order valence-electron chi connectivity index (χ4n) is 3.11. The average molecular weight is 250 g/mol. The van der Waals surface area contributed by atoms with Crippen LogP contribution in [0, 0.1) is 0 Å². The van der Waals surface area contributed by atoms with E-state index in [-0.39, 0.29) is 11.6 Å². The molecule has 1 aromatic heterocycles. The molecular weight excluding hydrogens is 224 g/mol. The Balaban J connectivity index is 2.22. The first kappa shape index (κ1) is 13.6.